The average molecular weight is 327 g/mol. The number of benzene rings is 2. The molecule has 0 aliphatic rings. The number of Topliss-reactive ketones (excluding diaryl/α,β-unsaturated/α-hetero) is 1. The van der Waals surface area contributed by atoms with Gasteiger partial charge in [0, 0.05) is 5.39 Å². The van der Waals surface area contributed by atoms with Gasteiger partial charge in [-0.25, -0.2) is 9.53 Å². The maximum atomic E-state index is 11.6. The summed E-state index contributed by atoms with van der Waals surface area (Å²) in [6, 6.07) is 15.6. The number of aromatic amines is 1. The fraction of sp³-hybridized carbons (Fsp3) is 0.0526. The molecule has 4 aromatic rings. The van der Waals surface area contributed by atoms with Gasteiger partial charge in [0.15, 0.2) is 5.78 Å². The second kappa shape index (κ2) is 5.73. The first-order valence-electron chi connectivity index (χ1n) is 7.69. The van der Waals surface area contributed by atoms with Crippen LogP contribution in [0.4, 0.5) is 5.69 Å². The standard InChI is InChI=1S/C19H13N5O/c1-12(25)17-19(20-2)18(23-22-17)13-8-9-16-14(10-13)11-21-24(16)15-6-4-3-5-7-15/h3-11H,1H3,(H,22,23). The van der Waals surface area contributed by atoms with Gasteiger partial charge in [0.2, 0.25) is 5.69 Å². The van der Waals surface area contributed by atoms with Crippen molar-refractivity contribution in [1.82, 2.24) is 20.0 Å². The molecule has 25 heavy (non-hydrogen) atoms. The Hall–Kier alpha value is -3.72. The molecule has 0 bridgehead atoms. The van der Waals surface area contributed by atoms with Crippen LogP contribution in [0.25, 0.3) is 32.7 Å². The lowest BCUT2D eigenvalue weighted by Gasteiger charge is -2.04. The number of nitrogens with one attached hydrogen (secondary N) is 1. The highest BCUT2D eigenvalue weighted by Crippen LogP contribution is 2.33. The summed E-state index contributed by atoms with van der Waals surface area (Å²) < 4.78 is 1.86. The molecule has 0 aliphatic carbocycles. The summed E-state index contributed by atoms with van der Waals surface area (Å²) in [6.07, 6.45) is 1.78. The third kappa shape index (κ3) is 2.39. The first kappa shape index (κ1) is 14.8. The van der Waals surface area contributed by atoms with Crippen molar-refractivity contribution in [1.29, 1.82) is 0 Å². The molecule has 4 rings (SSSR count). The predicted molar refractivity (Wildman–Crippen MR) is 94.9 cm³/mol. The number of hydrogen-bond donors (Lipinski definition) is 1. The zero-order valence-corrected chi connectivity index (χ0v) is 13.4. The monoisotopic (exact) mass is 327 g/mol. The Morgan fingerprint density at radius 3 is 2.72 bits per heavy atom. The van der Waals surface area contributed by atoms with E-state index in [0.29, 0.717) is 5.69 Å². The van der Waals surface area contributed by atoms with Crippen molar-refractivity contribution < 1.29 is 4.79 Å². The van der Waals surface area contributed by atoms with Gasteiger partial charge in [0.25, 0.3) is 0 Å². The molecular weight excluding hydrogens is 314 g/mol. The first-order chi connectivity index (χ1) is 12.2. The highest BCUT2D eigenvalue weighted by Gasteiger charge is 2.18. The maximum Gasteiger partial charge on any atom is 0.242 e. The quantitative estimate of drug-likeness (QED) is 0.453. The molecule has 1 N–H and O–H groups in total. The number of ketones is 1. The van der Waals surface area contributed by atoms with Gasteiger partial charge in [0.05, 0.1) is 29.7 Å². The van der Waals surface area contributed by atoms with E-state index >= 15 is 0 Å². The van der Waals surface area contributed by atoms with E-state index in [1.165, 1.54) is 6.92 Å². The van der Waals surface area contributed by atoms with Gasteiger partial charge in [-0.2, -0.15) is 10.2 Å². The predicted octanol–water partition coefficient (Wildman–Crippen LogP) is 4.17. The Labute approximate surface area is 143 Å². The molecular formula is C19H13N5O. The van der Waals surface area contributed by atoms with Gasteiger partial charge in [-0.1, -0.05) is 24.3 Å². The molecule has 0 spiro atoms. The summed E-state index contributed by atoms with van der Waals surface area (Å²) in [5.74, 6) is -0.206. The maximum absolute atomic E-state index is 11.6. The van der Waals surface area contributed by atoms with Gasteiger partial charge in [-0.15, -0.1) is 0 Å². The summed E-state index contributed by atoms with van der Waals surface area (Å²) in [4.78, 5) is 15.1. The average Bonchev–Trinajstić information content (AvgIpc) is 3.25. The molecule has 2 heterocycles. The molecule has 6 nitrogen and oxygen atoms in total. The van der Waals surface area contributed by atoms with Gasteiger partial charge < -0.3 is 0 Å². The summed E-state index contributed by atoms with van der Waals surface area (Å²) in [5, 5.41) is 12.2. The fourth-order valence-corrected chi connectivity index (χ4v) is 2.85. The minimum Gasteiger partial charge on any atom is -0.294 e. The first-order valence-corrected chi connectivity index (χ1v) is 7.69. The molecule has 120 valence electrons. The summed E-state index contributed by atoms with van der Waals surface area (Å²) in [6.45, 7) is 8.78. The number of para-hydroxylation sites is 1. The van der Waals surface area contributed by atoms with Crippen LogP contribution in [0.1, 0.15) is 17.4 Å². The largest absolute Gasteiger partial charge is 0.294 e. The normalized spacial score (nSPS) is 10.7. The summed E-state index contributed by atoms with van der Waals surface area (Å²) in [7, 11) is 0. The van der Waals surface area contributed by atoms with Gasteiger partial charge in [-0.05, 0) is 36.8 Å². The Morgan fingerprint density at radius 1 is 1.20 bits per heavy atom. The van der Waals surface area contributed by atoms with Gasteiger partial charge in [-0.3, -0.25) is 9.89 Å². The van der Waals surface area contributed by atoms with E-state index < -0.39 is 0 Å². The number of rotatable bonds is 3. The molecule has 0 saturated heterocycles. The van der Waals surface area contributed by atoms with E-state index in [2.05, 4.69) is 20.1 Å². The highest BCUT2D eigenvalue weighted by atomic mass is 16.1. The van der Waals surface area contributed by atoms with Crippen LogP contribution < -0.4 is 0 Å². The molecule has 0 fully saturated rings. The van der Waals surface area contributed by atoms with Crippen LogP contribution in [0.3, 0.4) is 0 Å². The van der Waals surface area contributed by atoms with Crippen molar-refractivity contribution in [2.24, 2.45) is 0 Å². The van der Waals surface area contributed by atoms with E-state index in [0.717, 1.165) is 22.2 Å². The summed E-state index contributed by atoms with van der Waals surface area (Å²) >= 11 is 0. The van der Waals surface area contributed by atoms with Crippen molar-refractivity contribution in [3.05, 3.63) is 71.8 Å². The van der Waals surface area contributed by atoms with E-state index in [1.807, 2.05) is 53.2 Å². The minimum absolute atomic E-state index is 0.206. The molecule has 0 aliphatic heterocycles. The van der Waals surface area contributed by atoms with Crippen LogP contribution in [0.2, 0.25) is 0 Å². The molecule has 0 atom stereocenters. The van der Waals surface area contributed by atoms with Gasteiger partial charge in [0.1, 0.15) is 5.69 Å². The number of carbonyl (C=O) groups is 1. The number of carbonyl (C=O) groups excluding carboxylic acids is 1. The van der Waals surface area contributed by atoms with E-state index in [4.69, 9.17) is 6.57 Å². The molecule has 0 saturated carbocycles. The van der Waals surface area contributed by atoms with Crippen molar-refractivity contribution in [2.45, 2.75) is 6.92 Å². The van der Waals surface area contributed by atoms with Crippen molar-refractivity contribution in [3.63, 3.8) is 0 Å². The Morgan fingerprint density at radius 2 is 2.00 bits per heavy atom. The minimum atomic E-state index is -0.206. The highest BCUT2D eigenvalue weighted by molar-refractivity contribution is 6.01. The van der Waals surface area contributed by atoms with Crippen LogP contribution in [-0.2, 0) is 0 Å². The SMILES string of the molecule is [C-]#[N+]c1c(-c2ccc3c(cnn3-c3ccccc3)c2)n[nH]c1C(C)=O. The number of aromatic nitrogens is 4. The zero-order chi connectivity index (χ0) is 17.4. The second-order valence-electron chi connectivity index (χ2n) is 5.63. The molecule has 2 aromatic carbocycles. The van der Waals surface area contributed by atoms with Gasteiger partial charge >= 0.3 is 0 Å². The van der Waals surface area contributed by atoms with Crippen LogP contribution >= 0.6 is 0 Å². The molecule has 2 aromatic heterocycles. The Balaban J connectivity index is 1.85. The lowest BCUT2D eigenvalue weighted by Crippen LogP contribution is -1.94. The smallest absolute Gasteiger partial charge is 0.242 e. The molecule has 0 unspecified atom stereocenters. The zero-order valence-electron chi connectivity index (χ0n) is 13.4. The fourth-order valence-electron chi connectivity index (χ4n) is 2.85. The second-order valence-corrected chi connectivity index (χ2v) is 5.63. The third-order valence-electron chi connectivity index (χ3n) is 4.05. The van der Waals surface area contributed by atoms with Crippen LogP contribution in [-0.4, -0.2) is 25.8 Å². The third-order valence-corrected chi connectivity index (χ3v) is 4.05. The molecule has 0 amide bonds. The topological polar surface area (TPSA) is 67.9 Å². The Bertz CT molecular complexity index is 1130. The van der Waals surface area contributed by atoms with Crippen LogP contribution in [0.5, 0.6) is 0 Å². The van der Waals surface area contributed by atoms with E-state index in [1.54, 1.807) is 6.20 Å². The molecule has 6 heteroatoms. The van der Waals surface area contributed by atoms with E-state index in [-0.39, 0.29) is 17.2 Å². The van der Waals surface area contributed by atoms with Crippen molar-refractivity contribution in [3.8, 4) is 16.9 Å². The summed E-state index contributed by atoms with van der Waals surface area (Å²) in [5.41, 5.74) is 3.68. The lowest BCUT2D eigenvalue weighted by molar-refractivity contribution is 0.101. The number of hydrogen-bond acceptors (Lipinski definition) is 3. The number of H-pyrrole nitrogens is 1. The number of fused-ring (bicyclic) bond motifs is 1. The lowest BCUT2D eigenvalue weighted by atomic mass is 10.1. The molecule has 0 radical (unpaired) electrons. The van der Waals surface area contributed by atoms with Crippen molar-refractivity contribution >= 4 is 22.4 Å². The number of nitrogens with zero attached hydrogens (tertiary/aromatic N) is 4. The van der Waals surface area contributed by atoms with Crippen LogP contribution in [0.15, 0.2) is 54.7 Å². The van der Waals surface area contributed by atoms with E-state index in [9.17, 15) is 4.79 Å². The Kier molecular flexibility index (Phi) is 3.40. The van der Waals surface area contributed by atoms with Crippen molar-refractivity contribution in [2.75, 3.05) is 0 Å². The van der Waals surface area contributed by atoms with Crippen LogP contribution in [0, 0.1) is 6.57 Å².